The van der Waals surface area contributed by atoms with Crippen LogP contribution in [0, 0.1) is 5.41 Å². The topological polar surface area (TPSA) is 67.9 Å². The van der Waals surface area contributed by atoms with Crippen LogP contribution in [0.4, 0.5) is 4.79 Å². The van der Waals surface area contributed by atoms with Crippen molar-refractivity contribution in [3.8, 4) is 0 Å². The number of carbonyl (C=O) groups excluding carboxylic acids is 2. The number of hydrogen-bond donors (Lipinski definition) is 1. The van der Waals surface area contributed by atoms with E-state index in [9.17, 15) is 9.59 Å². The van der Waals surface area contributed by atoms with E-state index in [2.05, 4.69) is 5.32 Å². The molecule has 1 aliphatic carbocycles. The van der Waals surface area contributed by atoms with Crippen LogP contribution < -0.4 is 5.32 Å². The van der Waals surface area contributed by atoms with Gasteiger partial charge in [0.2, 0.25) is 0 Å². The summed E-state index contributed by atoms with van der Waals surface area (Å²) in [4.78, 5) is 26.2. The van der Waals surface area contributed by atoms with Gasteiger partial charge in [0.1, 0.15) is 6.54 Å². The number of benzene rings is 1. The van der Waals surface area contributed by atoms with Crippen LogP contribution in [0.3, 0.4) is 0 Å². The van der Waals surface area contributed by atoms with E-state index in [1.807, 2.05) is 35.2 Å². The lowest BCUT2D eigenvalue weighted by Crippen LogP contribution is -2.46. The van der Waals surface area contributed by atoms with Crippen molar-refractivity contribution < 1.29 is 19.1 Å². The lowest BCUT2D eigenvalue weighted by molar-refractivity contribution is -0.141. The Bertz CT molecular complexity index is 643. The highest BCUT2D eigenvalue weighted by Gasteiger charge is 2.46. The Morgan fingerprint density at radius 2 is 1.93 bits per heavy atom. The monoisotopic (exact) mass is 388 g/mol. The second-order valence-electron chi connectivity index (χ2n) is 8.01. The van der Waals surface area contributed by atoms with Crippen LogP contribution in [0.25, 0.3) is 0 Å². The molecule has 154 valence electrons. The number of nitrogens with zero attached hydrogens (tertiary/aromatic N) is 1. The molecule has 0 radical (unpaired) electrons. The highest BCUT2D eigenvalue weighted by Crippen LogP contribution is 2.46. The lowest BCUT2D eigenvalue weighted by atomic mass is 9.73. The van der Waals surface area contributed by atoms with Gasteiger partial charge in [-0.15, -0.1) is 0 Å². The van der Waals surface area contributed by atoms with E-state index in [4.69, 9.17) is 9.47 Å². The lowest BCUT2D eigenvalue weighted by Gasteiger charge is -2.33. The summed E-state index contributed by atoms with van der Waals surface area (Å²) in [5.41, 5.74) is 1.34. The number of amides is 2. The van der Waals surface area contributed by atoms with Gasteiger partial charge < -0.3 is 19.7 Å². The molecule has 28 heavy (non-hydrogen) atoms. The van der Waals surface area contributed by atoms with E-state index in [-0.39, 0.29) is 24.0 Å². The van der Waals surface area contributed by atoms with Gasteiger partial charge in [-0.2, -0.15) is 0 Å². The second-order valence-corrected chi connectivity index (χ2v) is 8.01. The quantitative estimate of drug-likeness (QED) is 0.726. The van der Waals surface area contributed by atoms with Crippen LogP contribution in [0.2, 0.25) is 0 Å². The molecule has 1 spiro atoms. The maximum atomic E-state index is 12.8. The summed E-state index contributed by atoms with van der Waals surface area (Å²) in [6.07, 6.45) is 7.07. The first-order chi connectivity index (χ1) is 13.6. The van der Waals surface area contributed by atoms with Gasteiger partial charge in [-0.05, 0) is 37.2 Å². The third-order valence-corrected chi connectivity index (χ3v) is 5.90. The molecule has 1 N–H and O–H groups in total. The molecule has 2 aliphatic rings. The first kappa shape index (κ1) is 20.6. The van der Waals surface area contributed by atoms with Crippen molar-refractivity contribution in [2.24, 2.45) is 5.41 Å². The molecule has 1 aromatic rings. The Morgan fingerprint density at radius 1 is 1.18 bits per heavy atom. The molecule has 6 heteroatoms. The second kappa shape index (κ2) is 9.92. The average Bonchev–Trinajstić information content (AvgIpc) is 3.05. The fourth-order valence-electron chi connectivity index (χ4n) is 4.56. The summed E-state index contributed by atoms with van der Waals surface area (Å²) in [6, 6.07) is 9.93. The predicted octanol–water partition coefficient (Wildman–Crippen LogP) is 3.50. The zero-order valence-corrected chi connectivity index (χ0v) is 16.8. The van der Waals surface area contributed by atoms with Gasteiger partial charge in [0.05, 0.1) is 25.9 Å². The maximum Gasteiger partial charge on any atom is 0.325 e. The number of hydrogen-bond acceptors (Lipinski definition) is 4. The van der Waals surface area contributed by atoms with E-state index in [0.29, 0.717) is 19.8 Å². The van der Waals surface area contributed by atoms with Crippen molar-refractivity contribution in [3.05, 3.63) is 35.9 Å². The van der Waals surface area contributed by atoms with Crippen molar-refractivity contribution in [2.45, 2.75) is 58.1 Å². The van der Waals surface area contributed by atoms with Gasteiger partial charge in [-0.25, -0.2) is 4.79 Å². The summed E-state index contributed by atoms with van der Waals surface area (Å²) in [5.74, 6) is -0.403. The summed E-state index contributed by atoms with van der Waals surface area (Å²) in [6.45, 7) is 3.80. The number of urea groups is 1. The maximum absolute atomic E-state index is 12.8. The molecule has 2 fully saturated rings. The van der Waals surface area contributed by atoms with Crippen molar-refractivity contribution in [1.29, 1.82) is 0 Å². The Morgan fingerprint density at radius 3 is 2.64 bits per heavy atom. The Labute approximate surface area is 167 Å². The van der Waals surface area contributed by atoms with Crippen LogP contribution in [0.5, 0.6) is 0 Å². The third-order valence-electron chi connectivity index (χ3n) is 5.90. The SMILES string of the molecule is CCOC(=O)CNC(=O)N1CC2(CCCCC2)CC1COCc1ccccc1. The molecule has 1 heterocycles. The molecule has 6 nitrogen and oxygen atoms in total. The minimum Gasteiger partial charge on any atom is -0.465 e. The molecule has 2 amide bonds. The highest BCUT2D eigenvalue weighted by atomic mass is 16.5. The summed E-state index contributed by atoms with van der Waals surface area (Å²) in [5, 5.41) is 2.73. The van der Waals surface area contributed by atoms with Crippen LogP contribution in [0.15, 0.2) is 30.3 Å². The van der Waals surface area contributed by atoms with E-state index >= 15 is 0 Å². The van der Waals surface area contributed by atoms with Gasteiger partial charge in [-0.1, -0.05) is 49.6 Å². The Kier molecular flexibility index (Phi) is 7.31. The molecule has 1 saturated heterocycles. The predicted molar refractivity (Wildman–Crippen MR) is 107 cm³/mol. The summed E-state index contributed by atoms with van der Waals surface area (Å²) in [7, 11) is 0. The summed E-state index contributed by atoms with van der Waals surface area (Å²) < 4.78 is 10.9. The van der Waals surface area contributed by atoms with Gasteiger partial charge >= 0.3 is 12.0 Å². The van der Waals surface area contributed by atoms with Crippen LogP contribution >= 0.6 is 0 Å². The minimum absolute atomic E-state index is 0.0454. The molecule has 1 aromatic carbocycles. The van der Waals surface area contributed by atoms with E-state index in [1.54, 1.807) is 6.92 Å². The highest BCUT2D eigenvalue weighted by molar-refractivity contribution is 5.81. The van der Waals surface area contributed by atoms with Crippen LogP contribution in [-0.2, 0) is 20.9 Å². The van der Waals surface area contributed by atoms with E-state index in [1.165, 1.54) is 32.1 Å². The Hall–Kier alpha value is -2.08. The molecular formula is C22H32N2O4. The number of esters is 1. The number of carbonyl (C=O) groups is 2. The molecule has 1 aliphatic heterocycles. The van der Waals surface area contributed by atoms with Crippen molar-refractivity contribution in [1.82, 2.24) is 10.2 Å². The zero-order valence-electron chi connectivity index (χ0n) is 16.8. The van der Waals surface area contributed by atoms with E-state index in [0.717, 1.165) is 18.5 Å². The first-order valence-electron chi connectivity index (χ1n) is 10.4. The zero-order chi connectivity index (χ0) is 19.8. The Balaban J connectivity index is 1.58. The average molecular weight is 389 g/mol. The van der Waals surface area contributed by atoms with Gasteiger partial charge in [0.15, 0.2) is 0 Å². The smallest absolute Gasteiger partial charge is 0.325 e. The molecule has 1 saturated carbocycles. The molecule has 1 unspecified atom stereocenters. The van der Waals surface area contributed by atoms with Gasteiger partial charge in [0.25, 0.3) is 0 Å². The van der Waals surface area contributed by atoms with Crippen LogP contribution in [0.1, 0.15) is 51.0 Å². The van der Waals surface area contributed by atoms with Crippen LogP contribution in [-0.4, -0.2) is 49.2 Å². The first-order valence-corrected chi connectivity index (χ1v) is 10.4. The number of nitrogens with one attached hydrogen (secondary N) is 1. The van der Waals surface area contributed by atoms with Gasteiger partial charge in [-0.3, -0.25) is 4.79 Å². The van der Waals surface area contributed by atoms with Crippen molar-refractivity contribution >= 4 is 12.0 Å². The van der Waals surface area contributed by atoms with E-state index < -0.39 is 5.97 Å². The number of likely N-dealkylation sites (tertiary alicyclic amines) is 1. The fraction of sp³-hybridized carbons (Fsp3) is 0.636. The summed E-state index contributed by atoms with van der Waals surface area (Å²) >= 11 is 0. The largest absolute Gasteiger partial charge is 0.465 e. The molecule has 1 atom stereocenters. The van der Waals surface area contributed by atoms with Crippen molar-refractivity contribution in [3.63, 3.8) is 0 Å². The number of ether oxygens (including phenoxy) is 2. The molecular weight excluding hydrogens is 356 g/mol. The molecule has 0 aromatic heterocycles. The molecule has 0 bridgehead atoms. The minimum atomic E-state index is -0.403. The standard InChI is InChI=1S/C22H32N2O4/c1-2-28-20(25)14-23-21(26)24-17-22(11-7-4-8-12-22)13-19(24)16-27-15-18-9-5-3-6-10-18/h3,5-6,9-10,19H,2,4,7-8,11-17H2,1H3,(H,23,26). The fourth-order valence-corrected chi connectivity index (χ4v) is 4.56. The normalized spacial score (nSPS) is 20.9. The van der Waals surface area contributed by atoms with Gasteiger partial charge in [0, 0.05) is 6.54 Å². The van der Waals surface area contributed by atoms with Crippen molar-refractivity contribution in [2.75, 3.05) is 26.3 Å². The number of rotatable bonds is 7. The third kappa shape index (κ3) is 5.47. The molecule has 3 rings (SSSR count).